The summed E-state index contributed by atoms with van der Waals surface area (Å²) in [5.74, 6) is 0.895. The minimum atomic E-state index is -3.57. The van der Waals surface area contributed by atoms with Crippen LogP contribution in [-0.2, 0) is 10.0 Å². The Bertz CT molecular complexity index is 518. The minimum Gasteiger partial charge on any atom is -0.315 e. The molecule has 0 aliphatic carbocycles. The van der Waals surface area contributed by atoms with Gasteiger partial charge in [0.25, 0.3) is 10.0 Å². The van der Waals surface area contributed by atoms with Gasteiger partial charge in [-0.2, -0.15) is 11.8 Å². The second-order valence-corrected chi connectivity index (χ2v) is 7.61. The largest absolute Gasteiger partial charge is 0.315 e. The third kappa shape index (κ3) is 4.13. The molecule has 1 unspecified atom stereocenters. The third-order valence-electron chi connectivity index (χ3n) is 2.14. The van der Waals surface area contributed by atoms with Gasteiger partial charge in [0.15, 0.2) is 4.21 Å². The zero-order chi connectivity index (χ0) is 13.1. The third-order valence-corrected chi connectivity index (χ3v) is 5.97. The monoisotopic (exact) mass is 296 g/mol. The molecule has 98 valence electrons. The molecule has 1 atom stereocenters. The highest BCUT2D eigenvalue weighted by Gasteiger charge is 2.22. The van der Waals surface area contributed by atoms with Gasteiger partial charge in [-0.05, 0) is 32.3 Å². The summed E-state index contributed by atoms with van der Waals surface area (Å²) >= 11 is 2.39. The molecule has 1 aromatic rings. The van der Waals surface area contributed by atoms with Crippen molar-refractivity contribution in [3.05, 3.63) is 15.4 Å². The van der Waals surface area contributed by atoms with Crippen molar-refractivity contribution < 1.29 is 8.42 Å². The van der Waals surface area contributed by atoms with Crippen LogP contribution in [0.2, 0.25) is 0 Å². The van der Waals surface area contributed by atoms with Crippen LogP contribution < -0.4 is 9.60 Å². The van der Waals surface area contributed by atoms with Gasteiger partial charge in [0.1, 0.15) is 0 Å². The summed E-state index contributed by atoms with van der Waals surface area (Å²) in [5, 5.41) is 0. The number of aromatic amines is 1. The molecule has 8 heteroatoms. The molecule has 0 amide bonds. The molecular formula is C9H16N2O3S3. The maximum absolute atomic E-state index is 12.0. The van der Waals surface area contributed by atoms with Crippen LogP contribution in [-0.4, -0.2) is 31.5 Å². The lowest BCUT2D eigenvalue weighted by molar-refractivity contribution is 0.558. The fourth-order valence-corrected chi connectivity index (χ4v) is 4.50. The number of nitrogens with one attached hydrogen (secondary N) is 2. The molecule has 5 nitrogen and oxygen atoms in total. The van der Waals surface area contributed by atoms with Crippen LogP contribution in [0.15, 0.2) is 9.00 Å². The molecule has 2 N–H and O–H groups in total. The minimum absolute atomic E-state index is 0.0819. The first kappa shape index (κ1) is 14.7. The van der Waals surface area contributed by atoms with E-state index < -0.39 is 10.0 Å². The molecule has 1 aromatic heterocycles. The Hall–Kier alpha value is -0.310. The lowest BCUT2D eigenvalue weighted by atomic mass is 10.3. The summed E-state index contributed by atoms with van der Waals surface area (Å²) < 4.78 is 26.6. The number of H-pyrrole nitrogens is 1. The number of hydrogen-bond donors (Lipinski definition) is 2. The van der Waals surface area contributed by atoms with E-state index in [1.807, 2.05) is 13.2 Å². The standard InChI is InChI=1S/C9H16N2O3S3/c1-6(4-5-15-3)11-17(13,14)8-7(2)10-9(12)16-8/h6,11H,4-5H2,1-3H3,(H,10,12). The van der Waals surface area contributed by atoms with E-state index in [1.54, 1.807) is 18.7 Å². The Morgan fingerprint density at radius 1 is 1.53 bits per heavy atom. The van der Waals surface area contributed by atoms with Gasteiger partial charge in [0.05, 0.1) is 0 Å². The van der Waals surface area contributed by atoms with E-state index in [4.69, 9.17) is 0 Å². The van der Waals surface area contributed by atoms with Gasteiger partial charge in [0, 0.05) is 11.7 Å². The van der Waals surface area contributed by atoms with E-state index in [0.717, 1.165) is 23.5 Å². The maximum atomic E-state index is 12.0. The van der Waals surface area contributed by atoms with Gasteiger partial charge < -0.3 is 4.98 Å². The average molecular weight is 296 g/mol. The number of aromatic nitrogens is 1. The highest BCUT2D eigenvalue weighted by atomic mass is 32.2. The number of rotatable bonds is 6. The second kappa shape index (κ2) is 6.03. The fourth-order valence-electron chi connectivity index (χ4n) is 1.32. The number of thiazole rings is 1. The van der Waals surface area contributed by atoms with Crippen LogP contribution in [0.1, 0.15) is 19.0 Å². The predicted octanol–water partition coefficient (Wildman–Crippen LogP) is 1.16. The van der Waals surface area contributed by atoms with Crippen molar-refractivity contribution in [3.8, 4) is 0 Å². The van der Waals surface area contributed by atoms with Crippen LogP contribution in [0, 0.1) is 6.92 Å². The summed E-state index contributed by atoms with van der Waals surface area (Å²) in [6.45, 7) is 3.40. The maximum Gasteiger partial charge on any atom is 0.305 e. The SMILES string of the molecule is CSCCC(C)NS(=O)(=O)c1sc(=O)[nH]c1C. The average Bonchev–Trinajstić information content (AvgIpc) is 2.55. The summed E-state index contributed by atoms with van der Waals surface area (Å²) in [4.78, 5) is 13.2. The quantitative estimate of drug-likeness (QED) is 0.826. The number of sulfonamides is 1. The van der Waals surface area contributed by atoms with E-state index in [9.17, 15) is 13.2 Å². The molecule has 1 heterocycles. The van der Waals surface area contributed by atoms with Crippen molar-refractivity contribution in [1.29, 1.82) is 0 Å². The summed E-state index contributed by atoms with van der Waals surface area (Å²) in [7, 11) is -3.57. The molecule has 0 spiro atoms. The van der Waals surface area contributed by atoms with Crippen molar-refractivity contribution in [1.82, 2.24) is 9.71 Å². The van der Waals surface area contributed by atoms with Crippen molar-refractivity contribution in [3.63, 3.8) is 0 Å². The molecule has 0 saturated heterocycles. The van der Waals surface area contributed by atoms with Crippen molar-refractivity contribution in [2.24, 2.45) is 0 Å². The van der Waals surface area contributed by atoms with Gasteiger partial charge in [-0.3, -0.25) is 4.79 Å². The van der Waals surface area contributed by atoms with E-state index >= 15 is 0 Å². The Morgan fingerprint density at radius 2 is 2.18 bits per heavy atom. The van der Waals surface area contributed by atoms with Crippen molar-refractivity contribution in [2.45, 2.75) is 30.5 Å². The molecule has 0 aliphatic heterocycles. The molecule has 0 aromatic carbocycles. The van der Waals surface area contributed by atoms with E-state index in [2.05, 4.69) is 9.71 Å². The van der Waals surface area contributed by atoms with Crippen LogP contribution in [0.25, 0.3) is 0 Å². The molecule has 17 heavy (non-hydrogen) atoms. The molecule has 1 rings (SSSR count). The first-order valence-electron chi connectivity index (χ1n) is 5.08. The van der Waals surface area contributed by atoms with Crippen LogP contribution >= 0.6 is 23.1 Å². The smallest absolute Gasteiger partial charge is 0.305 e. The topological polar surface area (TPSA) is 79.0 Å². The Balaban J connectivity index is 2.82. The molecule has 0 bridgehead atoms. The second-order valence-electron chi connectivity index (χ2n) is 3.73. The van der Waals surface area contributed by atoms with Gasteiger partial charge >= 0.3 is 4.87 Å². The van der Waals surface area contributed by atoms with Gasteiger partial charge in [-0.1, -0.05) is 11.3 Å². The van der Waals surface area contributed by atoms with E-state index in [1.165, 1.54) is 0 Å². The first-order valence-corrected chi connectivity index (χ1v) is 8.77. The Labute approximate surface area is 109 Å². The Morgan fingerprint density at radius 3 is 2.65 bits per heavy atom. The van der Waals surface area contributed by atoms with Crippen LogP contribution in [0.3, 0.4) is 0 Å². The van der Waals surface area contributed by atoms with Crippen LogP contribution in [0.5, 0.6) is 0 Å². The Kier molecular flexibility index (Phi) is 5.23. The van der Waals surface area contributed by atoms with Gasteiger partial charge in [0.2, 0.25) is 0 Å². The molecular weight excluding hydrogens is 280 g/mol. The van der Waals surface area contributed by atoms with Crippen LogP contribution in [0.4, 0.5) is 0 Å². The van der Waals surface area contributed by atoms with Crippen molar-refractivity contribution in [2.75, 3.05) is 12.0 Å². The zero-order valence-electron chi connectivity index (χ0n) is 9.94. The molecule has 0 aliphatic rings. The molecule has 0 radical (unpaired) electrons. The predicted molar refractivity (Wildman–Crippen MR) is 72.5 cm³/mol. The highest BCUT2D eigenvalue weighted by Crippen LogP contribution is 2.16. The lowest BCUT2D eigenvalue weighted by Gasteiger charge is -2.12. The lowest BCUT2D eigenvalue weighted by Crippen LogP contribution is -2.32. The van der Waals surface area contributed by atoms with Gasteiger partial charge in [-0.15, -0.1) is 0 Å². The first-order chi connectivity index (χ1) is 7.86. The van der Waals surface area contributed by atoms with Gasteiger partial charge in [-0.25, -0.2) is 13.1 Å². The summed E-state index contributed by atoms with van der Waals surface area (Å²) in [5.41, 5.74) is 0.393. The summed E-state index contributed by atoms with van der Waals surface area (Å²) in [6.07, 6.45) is 2.74. The van der Waals surface area contributed by atoms with E-state index in [-0.39, 0.29) is 15.1 Å². The molecule has 0 saturated carbocycles. The number of thioether (sulfide) groups is 1. The number of aryl methyl sites for hydroxylation is 1. The number of hydrogen-bond acceptors (Lipinski definition) is 5. The fraction of sp³-hybridized carbons (Fsp3) is 0.667. The van der Waals surface area contributed by atoms with E-state index in [0.29, 0.717) is 5.69 Å². The van der Waals surface area contributed by atoms with Crippen molar-refractivity contribution >= 4 is 33.1 Å². The summed E-state index contributed by atoms with van der Waals surface area (Å²) in [6, 6.07) is -0.135. The molecule has 0 fully saturated rings. The highest BCUT2D eigenvalue weighted by molar-refractivity contribution is 7.98. The zero-order valence-corrected chi connectivity index (χ0v) is 12.4. The normalized spacial score (nSPS) is 13.8.